The maximum absolute atomic E-state index is 14.2. The summed E-state index contributed by atoms with van der Waals surface area (Å²) in [5.41, 5.74) is 7.95. The number of carbonyl (C=O) groups is 1. The van der Waals surface area contributed by atoms with Crippen molar-refractivity contribution in [2.75, 3.05) is 6.26 Å². The zero-order chi connectivity index (χ0) is 28.1. The quantitative estimate of drug-likeness (QED) is 0.305. The second kappa shape index (κ2) is 12.1. The minimum Gasteiger partial charge on any atom is -0.336 e. The van der Waals surface area contributed by atoms with Crippen LogP contribution in [-0.4, -0.2) is 32.8 Å². The van der Waals surface area contributed by atoms with Crippen LogP contribution < -0.4 is 16.4 Å². The molecule has 0 fully saturated rings. The molecular formula is C28H32F3N3O3S. The van der Waals surface area contributed by atoms with Gasteiger partial charge in [-0.1, -0.05) is 80.6 Å². The summed E-state index contributed by atoms with van der Waals surface area (Å²) in [5.74, 6) is -0.677. The van der Waals surface area contributed by atoms with Crippen LogP contribution in [0, 0.1) is 5.92 Å². The van der Waals surface area contributed by atoms with Crippen LogP contribution in [0.15, 0.2) is 83.8 Å². The van der Waals surface area contributed by atoms with Crippen LogP contribution in [0.2, 0.25) is 0 Å². The van der Waals surface area contributed by atoms with Gasteiger partial charge in [0.15, 0.2) is 9.84 Å². The van der Waals surface area contributed by atoms with Gasteiger partial charge in [0.2, 0.25) is 5.91 Å². The van der Waals surface area contributed by atoms with Gasteiger partial charge in [-0.3, -0.25) is 10.1 Å². The topological polar surface area (TPSA) is 101 Å². The fourth-order valence-electron chi connectivity index (χ4n) is 4.06. The molecular weight excluding hydrogens is 515 g/mol. The second-order valence-corrected chi connectivity index (χ2v) is 11.7. The molecule has 4 N–H and O–H groups in total. The molecule has 6 nitrogen and oxygen atoms in total. The van der Waals surface area contributed by atoms with Crippen molar-refractivity contribution in [3.63, 3.8) is 0 Å². The first-order chi connectivity index (χ1) is 17.8. The van der Waals surface area contributed by atoms with E-state index in [1.165, 1.54) is 36.4 Å². The SMILES string of the molecule is CC(C)C[C@H](N[C@@H](c1ccc(-c2ccc(S(C)(=O)=O)cc2)cc1)C(F)(F)F)C(=O)NC(N)c1ccccc1. The fourth-order valence-corrected chi connectivity index (χ4v) is 4.69. The Kier molecular flexibility index (Phi) is 9.35. The van der Waals surface area contributed by atoms with Crippen LogP contribution >= 0.6 is 0 Å². The van der Waals surface area contributed by atoms with Crippen molar-refractivity contribution in [3.8, 4) is 11.1 Å². The van der Waals surface area contributed by atoms with Gasteiger partial charge in [0.1, 0.15) is 12.2 Å². The van der Waals surface area contributed by atoms with E-state index in [1.54, 1.807) is 42.5 Å². The van der Waals surface area contributed by atoms with Crippen molar-refractivity contribution >= 4 is 15.7 Å². The molecule has 0 spiro atoms. The van der Waals surface area contributed by atoms with E-state index in [1.807, 2.05) is 13.8 Å². The predicted octanol–water partition coefficient (Wildman–Crippen LogP) is 5.14. The van der Waals surface area contributed by atoms with E-state index in [9.17, 15) is 26.4 Å². The Hall–Kier alpha value is -3.21. The number of nitrogens with two attached hydrogens (primary N) is 1. The van der Waals surface area contributed by atoms with E-state index in [2.05, 4.69) is 10.6 Å². The molecule has 38 heavy (non-hydrogen) atoms. The highest BCUT2D eigenvalue weighted by Crippen LogP contribution is 2.35. The molecule has 3 aromatic carbocycles. The van der Waals surface area contributed by atoms with Gasteiger partial charge in [0.25, 0.3) is 0 Å². The third kappa shape index (κ3) is 7.89. The number of rotatable bonds is 10. The minimum atomic E-state index is -4.67. The molecule has 3 atom stereocenters. The van der Waals surface area contributed by atoms with Gasteiger partial charge in [-0.05, 0) is 46.7 Å². The molecule has 0 radical (unpaired) electrons. The summed E-state index contributed by atoms with van der Waals surface area (Å²) in [6, 6.07) is 17.4. The first kappa shape index (κ1) is 29.3. The van der Waals surface area contributed by atoms with Crippen molar-refractivity contribution in [1.29, 1.82) is 0 Å². The average Bonchev–Trinajstić information content (AvgIpc) is 2.85. The summed E-state index contributed by atoms with van der Waals surface area (Å²) in [7, 11) is -3.36. The number of nitrogens with one attached hydrogen (secondary N) is 2. The van der Waals surface area contributed by atoms with E-state index in [0.717, 1.165) is 6.26 Å². The van der Waals surface area contributed by atoms with Gasteiger partial charge >= 0.3 is 6.18 Å². The van der Waals surface area contributed by atoms with E-state index in [-0.39, 0.29) is 22.8 Å². The van der Waals surface area contributed by atoms with Crippen molar-refractivity contribution in [3.05, 3.63) is 90.0 Å². The summed E-state index contributed by atoms with van der Waals surface area (Å²) < 4.78 is 66.0. The fraction of sp³-hybridized carbons (Fsp3) is 0.321. The molecule has 0 aromatic heterocycles. The molecule has 1 amide bonds. The van der Waals surface area contributed by atoms with Crippen molar-refractivity contribution in [1.82, 2.24) is 10.6 Å². The number of hydrogen-bond acceptors (Lipinski definition) is 5. The third-order valence-electron chi connectivity index (χ3n) is 6.04. The summed E-state index contributed by atoms with van der Waals surface area (Å²) >= 11 is 0. The molecule has 0 saturated carbocycles. The lowest BCUT2D eigenvalue weighted by molar-refractivity contribution is -0.161. The van der Waals surface area contributed by atoms with Crippen LogP contribution in [0.1, 0.15) is 43.6 Å². The Morgan fingerprint density at radius 3 is 1.87 bits per heavy atom. The molecule has 3 rings (SSSR count). The molecule has 0 bridgehead atoms. The largest absolute Gasteiger partial charge is 0.407 e. The third-order valence-corrected chi connectivity index (χ3v) is 7.16. The molecule has 1 unspecified atom stereocenters. The molecule has 10 heteroatoms. The highest BCUT2D eigenvalue weighted by Gasteiger charge is 2.43. The van der Waals surface area contributed by atoms with Crippen molar-refractivity contribution < 1.29 is 26.4 Å². The Morgan fingerprint density at radius 1 is 0.868 bits per heavy atom. The zero-order valence-electron chi connectivity index (χ0n) is 21.4. The van der Waals surface area contributed by atoms with Gasteiger partial charge < -0.3 is 11.1 Å². The van der Waals surface area contributed by atoms with E-state index >= 15 is 0 Å². The summed E-state index contributed by atoms with van der Waals surface area (Å²) in [4.78, 5) is 13.2. The van der Waals surface area contributed by atoms with Gasteiger partial charge in [0, 0.05) is 6.26 Å². The monoisotopic (exact) mass is 547 g/mol. The zero-order valence-corrected chi connectivity index (χ0v) is 22.2. The van der Waals surface area contributed by atoms with E-state index < -0.39 is 40.2 Å². The average molecular weight is 548 g/mol. The van der Waals surface area contributed by atoms with Crippen molar-refractivity contribution in [2.24, 2.45) is 11.7 Å². The standard InChI is InChI=1S/C28H32F3N3O3S/c1-18(2)17-24(27(35)34-26(32)22-7-5-4-6-8-22)33-25(28(29,30)31)21-11-9-19(10-12-21)20-13-15-23(16-14-20)38(3,36)37/h4-16,18,24-26,33H,17,32H2,1-3H3,(H,34,35)/t24-,25-,26?/m0/s1. The number of benzene rings is 3. The van der Waals surface area contributed by atoms with Gasteiger partial charge in [-0.2, -0.15) is 13.2 Å². The number of sulfone groups is 1. The molecule has 0 aliphatic rings. The van der Waals surface area contributed by atoms with E-state index in [0.29, 0.717) is 16.7 Å². The molecule has 0 aliphatic carbocycles. The minimum absolute atomic E-state index is 0.0529. The maximum atomic E-state index is 14.2. The Balaban J connectivity index is 1.83. The van der Waals surface area contributed by atoms with Crippen molar-refractivity contribution in [2.45, 2.75) is 49.6 Å². The lowest BCUT2D eigenvalue weighted by Gasteiger charge is -2.29. The number of hydrogen-bond donors (Lipinski definition) is 3. The molecule has 0 aliphatic heterocycles. The highest BCUT2D eigenvalue weighted by molar-refractivity contribution is 7.90. The predicted molar refractivity (Wildman–Crippen MR) is 142 cm³/mol. The summed E-state index contributed by atoms with van der Waals surface area (Å²) in [6.45, 7) is 3.65. The van der Waals surface area contributed by atoms with E-state index in [4.69, 9.17) is 5.73 Å². The number of alkyl halides is 3. The number of carbonyl (C=O) groups excluding carboxylic acids is 1. The van der Waals surface area contributed by atoms with Crippen LogP contribution in [0.25, 0.3) is 11.1 Å². The molecule has 0 saturated heterocycles. The van der Waals surface area contributed by atoms with Gasteiger partial charge in [-0.15, -0.1) is 0 Å². The first-order valence-electron chi connectivity index (χ1n) is 12.1. The Morgan fingerprint density at radius 2 is 1.39 bits per heavy atom. The maximum Gasteiger partial charge on any atom is 0.407 e. The lowest BCUT2D eigenvalue weighted by atomic mass is 9.97. The van der Waals surface area contributed by atoms with Crippen LogP contribution in [0.4, 0.5) is 13.2 Å². The first-order valence-corrected chi connectivity index (χ1v) is 14.0. The van der Waals surface area contributed by atoms with Crippen LogP contribution in [0.3, 0.4) is 0 Å². The molecule has 0 heterocycles. The molecule has 204 valence electrons. The Labute approximate surface area is 221 Å². The smallest absolute Gasteiger partial charge is 0.336 e. The number of amides is 1. The normalized spacial score (nSPS) is 14.6. The number of halogens is 3. The summed E-state index contributed by atoms with van der Waals surface area (Å²) in [6.07, 6.45) is -4.26. The lowest BCUT2D eigenvalue weighted by Crippen LogP contribution is -2.51. The second-order valence-electron chi connectivity index (χ2n) is 9.64. The van der Waals surface area contributed by atoms with Gasteiger partial charge in [-0.25, -0.2) is 8.42 Å². The Bertz CT molecular complexity index is 1310. The highest BCUT2D eigenvalue weighted by atomic mass is 32.2. The summed E-state index contributed by atoms with van der Waals surface area (Å²) in [5, 5.41) is 5.14. The molecule has 3 aromatic rings. The van der Waals surface area contributed by atoms with Crippen LogP contribution in [-0.2, 0) is 14.6 Å². The van der Waals surface area contributed by atoms with Crippen LogP contribution in [0.5, 0.6) is 0 Å². The van der Waals surface area contributed by atoms with Gasteiger partial charge in [0.05, 0.1) is 10.9 Å².